The van der Waals surface area contributed by atoms with Crippen LogP contribution in [0.4, 0.5) is 5.69 Å². The maximum absolute atomic E-state index is 6.13. The maximum Gasteiger partial charge on any atom is 0.0561 e. The lowest BCUT2D eigenvalue weighted by Gasteiger charge is -2.44. The average molecular weight is 404 g/mol. The summed E-state index contributed by atoms with van der Waals surface area (Å²) >= 11 is 6.13. The van der Waals surface area contributed by atoms with Gasteiger partial charge in [0, 0.05) is 35.2 Å². The fraction of sp³-hybridized carbons (Fsp3) is 0.240. The second-order valence-corrected chi connectivity index (χ2v) is 8.10. The molecule has 3 unspecified atom stereocenters. The fourth-order valence-corrected chi connectivity index (χ4v) is 4.39. The van der Waals surface area contributed by atoms with Gasteiger partial charge in [-0.3, -0.25) is 10.3 Å². The minimum Gasteiger partial charge on any atom is -0.291 e. The van der Waals surface area contributed by atoms with Crippen LogP contribution < -0.4 is 5.43 Å². The third-order valence-corrected chi connectivity index (χ3v) is 6.08. The number of anilines is 1. The molecular weight excluding hydrogens is 378 g/mol. The molecule has 0 radical (unpaired) electrons. The number of benzene rings is 3. The van der Waals surface area contributed by atoms with Crippen molar-refractivity contribution in [3.63, 3.8) is 0 Å². The van der Waals surface area contributed by atoms with Gasteiger partial charge >= 0.3 is 0 Å². The Kier molecular flexibility index (Phi) is 5.98. The van der Waals surface area contributed by atoms with Crippen LogP contribution in [0.3, 0.4) is 0 Å². The Morgan fingerprint density at radius 3 is 2.14 bits per heavy atom. The SMILES string of the molecule is CC1/C(=N/Nc2ccccc2)CC(c2ccc(Cl)cc2)N(C)C1c1ccccc1. The molecular formula is C25H26ClN3. The first kappa shape index (κ1) is 19.7. The summed E-state index contributed by atoms with van der Waals surface area (Å²) in [6.07, 6.45) is 0.877. The molecule has 0 saturated carbocycles. The molecule has 4 rings (SSSR count). The van der Waals surface area contributed by atoms with Gasteiger partial charge in [-0.25, -0.2) is 0 Å². The van der Waals surface area contributed by atoms with Crippen LogP contribution in [-0.4, -0.2) is 17.7 Å². The molecule has 3 aromatic rings. The number of hydrogen-bond acceptors (Lipinski definition) is 3. The maximum atomic E-state index is 6.13. The van der Waals surface area contributed by atoms with Crippen LogP contribution in [0.2, 0.25) is 5.02 Å². The molecule has 1 fully saturated rings. The minimum atomic E-state index is 0.241. The van der Waals surface area contributed by atoms with Crippen LogP contribution in [0.15, 0.2) is 90.0 Å². The van der Waals surface area contributed by atoms with Gasteiger partial charge in [0.15, 0.2) is 0 Å². The number of hydrogen-bond donors (Lipinski definition) is 1. The summed E-state index contributed by atoms with van der Waals surface area (Å²) in [7, 11) is 2.22. The van der Waals surface area contributed by atoms with Gasteiger partial charge in [0.25, 0.3) is 0 Å². The van der Waals surface area contributed by atoms with Crippen LogP contribution in [0.5, 0.6) is 0 Å². The highest BCUT2D eigenvalue weighted by molar-refractivity contribution is 6.30. The molecule has 1 saturated heterocycles. The summed E-state index contributed by atoms with van der Waals surface area (Å²) in [6, 6.07) is 29.5. The van der Waals surface area contributed by atoms with Crippen LogP contribution in [0.25, 0.3) is 0 Å². The largest absolute Gasteiger partial charge is 0.291 e. The minimum absolute atomic E-state index is 0.241. The van der Waals surface area contributed by atoms with Crippen LogP contribution in [-0.2, 0) is 0 Å². The monoisotopic (exact) mass is 403 g/mol. The van der Waals surface area contributed by atoms with Gasteiger partial charge < -0.3 is 0 Å². The number of hydrazone groups is 1. The van der Waals surface area contributed by atoms with Gasteiger partial charge in [-0.15, -0.1) is 0 Å². The first-order valence-corrected chi connectivity index (χ1v) is 10.4. The average Bonchev–Trinajstić information content (AvgIpc) is 2.76. The molecule has 0 spiro atoms. The molecule has 0 amide bonds. The summed E-state index contributed by atoms with van der Waals surface area (Å²) in [5.41, 5.74) is 8.02. The highest BCUT2D eigenvalue weighted by Crippen LogP contribution is 2.42. The van der Waals surface area contributed by atoms with Crippen molar-refractivity contribution in [1.82, 2.24) is 4.90 Å². The molecule has 3 atom stereocenters. The number of para-hydroxylation sites is 1. The summed E-state index contributed by atoms with van der Waals surface area (Å²) in [5.74, 6) is 0.294. The lowest BCUT2D eigenvalue weighted by atomic mass is 9.80. The zero-order chi connectivity index (χ0) is 20.2. The summed E-state index contributed by atoms with van der Waals surface area (Å²) in [5, 5.41) is 5.62. The lowest BCUT2D eigenvalue weighted by Crippen LogP contribution is -2.42. The van der Waals surface area contributed by atoms with E-state index in [2.05, 4.69) is 66.8 Å². The standard InChI is InChI=1S/C25H26ClN3/c1-18-23(28-27-22-11-7-4-8-12-22)17-24(19-13-15-21(26)16-14-19)29(2)25(18)20-9-5-3-6-10-20/h3-16,18,24-25,27H,17H2,1-2H3/b28-23+. The van der Waals surface area contributed by atoms with Crippen LogP contribution in [0, 0.1) is 5.92 Å². The van der Waals surface area contributed by atoms with Crippen molar-refractivity contribution in [2.75, 3.05) is 12.5 Å². The third kappa shape index (κ3) is 4.36. The van der Waals surface area contributed by atoms with Crippen LogP contribution >= 0.6 is 11.6 Å². The van der Waals surface area contributed by atoms with Gasteiger partial charge in [-0.1, -0.05) is 79.2 Å². The molecule has 1 aliphatic heterocycles. The first-order chi connectivity index (χ1) is 14.1. The Morgan fingerprint density at radius 2 is 1.48 bits per heavy atom. The molecule has 3 nitrogen and oxygen atoms in total. The third-order valence-electron chi connectivity index (χ3n) is 5.83. The van der Waals surface area contributed by atoms with Gasteiger partial charge in [-0.2, -0.15) is 5.10 Å². The molecule has 0 bridgehead atoms. The Balaban J connectivity index is 1.70. The summed E-state index contributed by atoms with van der Waals surface area (Å²) in [4.78, 5) is 2.48. The summed E-state index contributed by atoms with van der Waals surface area (Å²) in [6.45, 7) is 2.28. The number of piperidine rings is 1. The fourth-order valence-electron chi connectivity index (χ4n) is 4.27. The van der Waals surface area contributed by atoms with E-state index in [0.717, 1.165) is 17.1 Å². The van der Waals surface area contributed by atoms with E-state index in [1.54, 1.807) is 0 Å². The van der Waals surface area contributed by atoms with Crippen molar-refractivity contribution in [1.29, 1.82) is 0 Å². The molecule has 0 aromatic heterocycles. The van der Waals surface area contributed by atoms with E-state index in [-0.39, 0.29) is 12.1 Å². The normalized spacial score (nSPS) is 23.8. The number of likely N-dealkylation sites (tertiary alicyclic amines) is 1. The second kappa shape index (κ2) is 8.81. The van der Waals surface area contributed by atoms with E-state index >= 15 is 0 Å². The molecule has 3 aromatic carbocycles. The first-order valence-electron chi connectivity index (χ1n) is 10.0. The Morgan fingerprint density at radius 1 is 0.862 bits per heavy atom. The molecule has 1 heterocycles. The molecule has 1 N–H and O–H groups in total. The zero-order valence-electron chi connectivity index (χ0n) is 16.8. The van der Waals surface area contributed by atoms with E-state index in [9.17, 15) is 0 Å². The van der Waals surface area contributed by atoms with Crippen molar-refractivity contribution >= 4 is 23.0 Å². The van der Waals surface area contributed by atoms with Crippen molar-refractivity contribution in [2.24, 2.45) is 11.0 Å². The zero-order valence-corrected chi connectivity index (χ0v) is 17.6. The Hall–Kier alpha value is -2.62. The molecule has 148 valence electrons. The second-order valence-electron chi connectivity index (χ2n) is 7.66. The molecule has 4 heteroatoms. The number of halogens is 1. The van der Waals surface area contributed by atoms with E-state index in [1.807, 2.05) is 42.5 Å². The Labute approximate surface area is 178 Å². The topological polar surface area (TPSA) is 27.6 Å². The van der Waals surface area contributed by atoms with E-state index < -0.39 is 0 Å². The number of nitrogens with one attached hydrogen (secondary N) is 1. The quantitative estimate of drug-likeness (QED) is 0.499. The lowest BCUT2D eigenvalue weighted by molar-refractivity contribution is 0.132. The highest BCUT2D eigenvalue weighted by Gasteiger charge is 2.38. The molecule has 29 heavy (non-hydrogen) atoms. The molecule has 0 aliphatic carbocycles. The van der Waals surface area contributed by atoms with E-state index in [0.29, 0.717) is 5.92 Å². The van der Waals surface area contributed by atoms with Gasteiger partial charge in [0.2, 0.25) is 0 Å². The highest BCUT2D eigenvalue weighted by atomic mass is 35.5. The van der Waals surface area contributed by atoms with E-state index in [1.165, 1.54) is 16.8 Å². The van der Waals surface area contributed by atoms with Crippen molar-refractivity contribution in [3.8, 4) is 0 Å². The van der Waals surface area contributed by atoms with E-state index in [4.69, 9.17) is 16.7 Å². The van der Waals surface area contributed by atoms with Crippen molar-refractivity contribution < 1.29 is 0 Å². The predicted molar refractivity (Wildman–Crippen MR) is 122 cm³/mol. The molecule has 1 aliphatic rings. The number of nitrogens with zero attached hydrogens (tertiary/aromatic N) is 2. The Bertz CT molecular complexity index is 954. The van der Waals surface area contributed by atoms with Crippen molar-refractivity contribution in [3.05, 3.63) is 101 Å². The van der Waals surface area contributed by atoms with Crippen molar-refractivity contribution in [2.45, 2.75) is 25.4 Å². The predicted octanol–water partition coefficient (Wildman–Crippen LogP) is 6.56. The van der Waals surface area contributed by atoms with Crippen LogP contribution in [0.1, 0.15) is 36.6 Å². The smallest absolute Gasteiger partial charge is 0.0561 e. The van der Waals surface area contributed by atoms with Gasteiger partial charge in [0.05, 0.1) is 5.69 Å². The van der Waals surface area contributed by atoms with Gasteiger partial charge in [0.1, 0.15) is 0 Å². The van der Waals surface area contributed by atoms with Gasteiger partial charge in [-0.05, 0) is 42.4 Å². The number of rotatable bonds is 4. The summed E-state index contributed by atoms with van der Waals surface area (Å²) < 4.78 is 0.